The van der Waals surface area contributed by atoms with Gasteiger partial charge in [-0.2, -0.15) is 0 Å². The van der Waals surface area contributed by atoms with Crippen molar-refractivity contribution in [3.05, 3.63) is 46.2 Å². The number of aromatic nitrogens is 3. The van der Waals surface area contributed by atoms with Gasteiger partial charge in [0.15, 0.2) is 0 Å². The Hall–Kier alpha value is -2.18. The van der Waals surface area contributed by atoms with Crippen molar-refractivity contribution in [3.63, 3.8) is 0 Å². The van der Waals surface area contributed by atoms with Gasteiger partial charge in [-0.25, -0.2) is 15.0 Å². The molecule has 0 aliphatic carbocycles. The Kier molecular flexibility index (Phi) is 4.69. The zero-order chi connectivity index (χ0) is 17.3. The number of anilines is 3. The molecule has 24 heavy (non-hydrogen) atoms. The molecule has 5 nitrogen and oxygen atoms in total. The van der Waals surface area contributed by atoms with E-state index in [0.717, 1.165) is 32.6 Å². The van der Waals surface area contributed by atoms with Crippen LogP contribution in [-0.4, -0.2) is 29.0 Å². The maximum absolute atomic E-state index is 6.31. The van der Waals surface area contributed by atoms with Crippen LogP contribution in [0.4, 0.5) is 17.3 Å². The summed E-state index contributed by atoms with van der Waals surface area (Å²) in [4.78, 5) is 16.4. The Morgan fingerprint density at radius 3 is 2.54 bits per heavy atom. The van der Waals surface area contributed by atoms with Gasteiger partial charge in [0, 0.05) is 26.0 Å². The van der Waals surface area contributed by atoms with Crippen LogP contribution < -0.4 is 10.2 Å². The third-order valence-electron chi connectivity index (χ3n) is 3.48. The molecule has 0 saturated heterocycles. The normalized spacial score (nSPS) is 10.7. The summed E-state index contributed by atoms with van der Waals surface area (Å²) in [6.45, 7) is 3.99. The molecular weight excluding hydrogens is 342 g/mol. The zero-order valence-electron chi connectivity index (χ0n) is 14.0. The van der Waals surface area contributed by atoms with Crippen molar-refractivity contribution in [3.8, 4) is 10.6 Å². The lowest BCUT2D eigenvalue weighted by atomic mass is 10.2. The molecule has 2 heterocycles. The summed E-state index contributed by atoms with van der Waals surface area (Å²) in [5, 5.41) is 4.91. The second kappa shape index (κ2) is 6.75. The molecule has 0 atom stereocenters. The van der Waals surface area contributed by atoms with Crippen molar-refractivity contribution in [2.24, 2.45) is 0 Å². The van der Waals surface area contributed by atoms with Crippen LogP contribution in [-0.2, 0) is 0 Å². The highest BCUT2D eigenvalue weighted by atomic mass is 35.5. The van der Waals surface area contributed by atoms with Crippen LogP contribution in [0.25, 0.3) is 10.6 Å². The first-order valence-corrected chi connectivity index (χ1v) is 8.65. The standard InChI is InChI=1S/C17H18ClN5S/c1-10-16(24-11(2)20-10)14-7-8-19-17(22-14)21-12-5-6-15(23(3)4)13(18)9-12/h5-9H,1-4H3,(H,19,21,22). The number of nitrogens with zero attached hydrogens (tertiary/aromatic N) is 4. The molecule has 0 fully saturated rings. The first kappa shape index (κ1) is 16.7. The number of halogens is 1. The number of thiazole rings is 1. The van der Waals surface area contributed by atoms with Crippen molar-refractivity contribution in [2.45, 2.75) is 13.8 Å². The van der Waals surface area contributed by atoms with E-state index in [1.165, 1.54) is 0 Å². The van der Waals surface area contributed by atoms with Crippen molar-refractivity contribution in [2.75, 3.05) is 24.3 Å². The van der Waals surface area contributed by atoms with Crippen LogP contribution in [0.5, 0.6) is 0 Å². The van der Waals surface area contributed by atoms with E-state index >= 15 is 0 Å². The van der Waals surface area contributed by atoms with E-state index in [4.69, 9.17) is 11.6 Å². The molecule has 0 amide bonds. The summed E-state index contributed by atoms with van der Waals surface area (Å²) in [5.41, 5.74) is 3.67. The fourth-order valence-corrected chi connectivity index (χ4v) is 3.63. The van der Waals surface area contributed by atoms with Crippen molar-refractivity contribution >= 4 is 40.3 Å². The molecule has 0 spiro atoms. The molecule has 2 aromatic heterocycles. The fourth-order valence-electron chi connectivity index (χ4n) is 2.39. The Labute approximate surface area is 150 Å². The molecule has 124 valence electrons. The number of aryl methyl sites for hydroxylation is 2. The quantitative estimate of drug-likeness (QED) is 0.733. The minimum absolute atomic E-state index is 0.534. The molecule has 0 aliphatic heterocycles. The second-order valence-electron chi connectivity index (χ2n) is 5.60. The van der Waals surface area contributed by atoms with E-state index in [1.54, 1.807) is 17.5 Å². The fraction of sp³-hybridized carbons (Fsp3) is 0.235. The first-order valence-electron chi connectivity index (χ1n) is 7.45. The summed E-state index contributed by atoms with van der Waals surface area (Å²) in [7, 11) is 3.92. The largest absolute Gasteiger partial charge is 0.376 e. The Morgan fingerprint density at radius 1 is 1.12 bits per heavy atom. The predicted octanol–water partition coefficient (Wildman–Crippen LogP) is 4.68. The Balaban J connectivity index is 1.87. The lowest BCUT2D eigenvalue weighted by molar-refractivity contribution is 1.13. The van der Waals surface area contributed by atoms with Crippen LogP contribution in [0.2, 0.25) is 5.02 Å². The van der Waals surface area contributed by atoms with Gasteiger partial charge in [-0.15, -0.1) is 11.3 Å². The van der Waals surface area contributed by atoms with Crippen molar-refractivity contribution < 1.29 is 0 Å². The number of nitrogens with one attached hydrogen (secondary N) is 1. The maximum atomic E-state index is 6.31. The van der Waals surface area contributed by atoms with E-state index in [9.17, 15) is 0 Å². The summed E-state index contributed by atoms with van der Waals surface area (Å²) in [6.07, 6.45) is 1.74. The van der Waals surface area contributed by atoms with Gasteiger partial charge in [0.25, 0.3) is 0 Å². The van der Waals surface area contributed by atoms with E-state index in [-0.39, 0.29) is 0 Å². The van der Waals surface area contributed by atoms with Crippen molar-refractivity contribution in [1.82, 2.24) is 15.0 Å². The van der Waals surface area contributed by atoms with Gasteiger partial charge >= 0.3 is 0 Å². The summed E-state index contributed by atoms with van der Waals surface area (Å²) >= 11 is 7.95. The lowest BCUT2D eigenvalue weighted by Gasteiger charge is -2.15. The van der Waals surface area contributed by atoms with Gasteiger partial charge in [-0.3, -0.25) is 0 Å². The van der Waals surface area contributed by atoms with E-state index in [0.29, 0.717) is 11.0 Å². The zero-order valence-corrected chi connectivity index (χ0v) is 15.5. The second-order valence-corrected chi connectivity index (χ2v) is 7.21. The molecule has 0 saturated carbocycles. The van der Waals surface area contributed by atoms with Crippen LogP contribution >= 0.6 is 22.9 Å². The molecule has 1 aromatic carbocycles. The van der Waals surface area contributed by atoms with Gasteiger partial charge in [-0.1, -0.05) is 11.6 Å². The molecule has 0 bridgehead atoms. The number of rotatable bonds is 4. The summed E-state index contributed by atoms with van der Waals surface area (Å²) < 4.78 is 0. The topological polar surface area (TPSA) is 53.9 Å². The molecule has 3 aromatic rings. The molecular formula is C17H18ClN5S. The van der Waals surface area contributed by atoms with Gasteiger partial charge in [0.05, 0.1) is 32.0 Å². The van der Waals surface area contributed by atoms with E-state index < -0.39 is 0 Å². The molecule has 7 heteroatoms. The highest BCUT2D eigenvalue weighted by Gasteiger charge is 2.10. The highest BCUT2D eigenvalue weighted by Crippen LogP contribution is 2.30. The van der Waals surface area contributed by atoms with Crippen molar-refractivity contribution in [1.29, 1.82) is 0 Å². The molecule has 1 N–H and O–H groups in total. The third kappa shape index (κ3) is 3.49. The minimum Gasteiger partial charge on any atom is -0.376 e. The molecule has 0 radical (unpaired) electrons. The van der Waals surface area contributed by atoms with Gasteiger partial charge in [-0.05, 0) is 38.1 Å². The van der Waals surface area contributed by atoms with Gasteiger partial charge < -0.3 is 10.2 Å². The number of benzene rings is 1. The molecule has 0 aliphatic rings. The van der Waals surface area contributed by atoms with Crippen LogP contribution in [0, 0.1) is 13.8 Å². The smallest absolute Gasteiger partial charge is 0.227 e. The summed E-state index contributed by atoms with van der Waals surface area (Å²) in [6, 6.07) is 7.69. The van der Waals surface area contributed by atoms with Crippen LogP contribution in [0.1, 0.15) is 10.7 Å². The number of hydrogen-bond acceptors (Lipinski definition) is 6. The Bertz CT molecular complexity index is 875. The average molecular weight is 360 g/mol. The third-order valence-corrected chi connectivity index (χ3v) is 4.88. The van der Waals surface area contributed by atoms with Gasteiger partial charge in [0.1, 0.15) is 0 Å². The average Bonchev–Trinajstić information content (AvgIpc) is 2.86. The monoisotopic (exact) mass is 359 g/mol. The van der Waals surface area contributed by atoms with Gasteiger partial charge in [0.2, 0.25) is 5.95 Å². The first-order chi connectivity index (χ1) is 11.4. The lowest BCUT2D eigenvalue weighted by Crippen LogP contribution is -2.09. The van der Waals surface area contributed by atoms with E-state index in [2.05, 4.69) is 20.3 Å². The minimum atomic E-state index is 0.534. The highest BCUT2D eigenvalue weighted by molar-refractivity contribution is 7.15. The Morgan fingerprint density at radius 2 is 1.92 bits per heavy atom. The predicted molar refractivity (Wildman–Crippen MR) is 102 cm³/mol. The molecule has 0 unspecified atom stereocenters. The summed E-state index contributed by atoms with van der Waals surface area (Å²) in [5.74, 6) is 0.534. The SMILES string of the molecule is Cc1nc(C)c(-c2ccnc(Nc3ccc(N(C)C)c(Cl)c3)n2)s1. The van der Waals surface area contributed by atoms with Crippen LogP contribution in [0.3, 0.4) is 0 Å². The molecule has 3 rings (SSSR count). The number of hydrogen-bond donors (Lipinski definition) is 1. The maximum Gasteiger partial charge on any atom is 0.227 e. The van der Waals surface area contributed by atoms with E-state index in [1.807, 2.05) is 57.1 Å². The van der Waals surface area contributed by atoms with Crippen LogP contribution in [0.15, 0.2) is 30.5 Å².